The number of aromatic nitrogens is 3. The van der Waals surface area contributed by atoms with Crippen molar-refractivity contribution < 1.29 is 5.31 Å². The third-order valence-electron chi connectivity index (χ3n) is 4.14. The van der Waals surface area contributed by atoms with Crippen LogP contribution in [0.15, 0.2) is 6.20 Å². The zero-order chi connectivity index (χ0) is 17.0. The minimum absolute atomic E-state index is 0.875. The predicted octanol–water partition coefficient (Wildman–Crippen LogP) is 3.37. The Kier molecular flexibility index (Phi) is 12.6. The van der Waals surface area contributed by atoms with Crippen LogP contribution in [0.2, 0.25) is 12.6 Å². The largest absolute Gasteiger partial charge is 0.136 e. The molecular formula is C15H29InN3O2SiSn+. The third kappa shape index (κ3) is 10.5. The van der Waals surface area contributed by atoms with E-state index in [2.05, 4.69) is 16.9 Å². The molecule has 0 amide bonds. The first-order chi connectivity index (χ1) is 11.1. The van der Waals surface area contributed by atoms with Gasteiger partial charge in [0.25, 0.3) is 0 Å². The summed E-state index contributed by atoms with van der Waals surface area (Å²) in [6, 6.07) is 1.17. The summed E-state index contributed by atoms with van der Waals surface area (Å²) >= 11 is 2.04. The first kappa shape index (κ1) is 22.0. The van der Waals surface area contributed by atoms with Crippen molar-refractivity contribution in [2.45, 2.75) is 83.8 Å². The molecule has 0 aliphatic carbocycles. The molecule has 0 spiro atoms. The third-order valence-corrected chi connectivity index (χ3v) is 14.3. The Bertz CT molecular complexity index is 419. The van der Waals surface area contributed by atoms with Gasteiger partial charge < -0.3 is 0 Å². The minimum Gasteiger partial charge on any atom is -0.136 e. The topological polar surface area (TPSA) is 49.2 Å². The SMILES string of the molecule is Cc1cn(CCCCCCCCCCC[Si](C)([O][In])[O][Sn+])nn1. The Morgan fingerprint density at radius 2 is 1.65 bits per heavy atom. The fourth-order valence-electron chi connectivity index (χ4n) is 2.60. The first-order valence-electron chi connectivity index (χ1n) is 8.69. The molecule has 1 aromatic heterocycles. The van der Waals surface area contributed by atoms with E-state index in [4.69, 9.17) is 5.31 Å². The molecule has 0 bridgehead atoms. The summed E-state index contributed by atoms with van der Waals surface area (Å²) in [6.07, 6.45) is 14.0. The van der Waals surface area contributed by atoms with Crippen LogP contribution in [-0.4, -0.2) is 71.3 Å². The van der Waals surface area contributed by atoms with Crippen LogP contribution < -0.4 is 0 Å². The molecule has 1 atom stereocenters. The van der Waals surface area contributed by atoms with Crippen LogP contribution in [0.3, 0.4) is 0 Å². The maximum Gasteiger partial charge on any atom is -0.0672 e. The molecule has 0 saturated heterocycles. The summed E-state index contributed by atoms with van der Waals surface area (Å²) in [5.74, 6) is 0. The van der Waals surface area contributed by atoms with E-state index in [0.717, 1.165) is 60.0 Å². The molecular weight excluding hydrogens is 516 g/mol. The molecule has 5 nitrogen and oxygen atoms in total. The minimum atomic E-state index is -1.73. The Morgan fingerprint density at radius 3 is 2.13 bits per heavy atom. The van der Waals surface area contributed by atoms with E-state index in [1.807, 2.05) is 17.8 Å². The van der Waals surface area contributed by atoms with E-state index < -0.39 is 8.56 Å². The van der Waals surface area contributed by atoms with Crippen LogP contribution in [0.25, 0.3) is 0 Å². The van der Waals surface area contributed by atoms with Gasteiger partial charge in [0.1, 0.15) is 0 Å². The molecule has 4 radical (unpaired) electrons. The van der Waals surface area contributed by atoms with E-state index in [9.17, 15) is 0 Å². The monoisotopic (exact) mass is 546 g/mol. The van der Waals surface area contributed by atoms with E-state index in [0.29, 0.717) is 0 Å². The van der Waals surface area contributed by atoms with Gasteiger partial charge in [-0.25, -0.2) is 0 Å². The summed E-state index contributed by atoms with van der Waals surface area (Å²) < 4.78 is 13.2. The van der Waals surface area contributed by atoms with Crippen LogP contribution >= 0.6 is 0 Å². The molecule has 1 unspecified atom stereocenters. The molecule has 8 heteroatoms. The van der Waals surface area contributed by atoms with Gasteiger partial charge >= 0.3 is 132 Å². The van der Waals surface area contributed by atoms with Gasteiger partial charge in [-0.05, 0) is 6.92 Å². The predicted molar refractivity (Wildman–Crippen MR) is 96.4 cm³/mol. The zero-order valence-corrected chi connectivity index (χ0v) is 21.7. The Labute approximate surface area is 171 Å². The quantitative estimate of drug-likeness (QED) is 0.266. The molecule has 1 heterocycles. The Hall–Kier alpha value is 0.946. The number of hydrogen-bond acceptors (Lipinski definition) is 4. The number of hydrogen-bond donors (Lipinski definition) is 0. The second kappa shape index (κ2) is 13.2. The molecule has 0 aliphatic rings. The Morgan fingerprint density at radius 1 is 1.09 bits per heavy atom. The molecule has 0 saturated carbocycles. The molecule has 23 heavy (non-hydrogen) atoms. The summed E-state index contributed by atoms with van der Waals surface area (Å²) in [4.78, 5) is 0. The number of rotatable bonds is 14. The molecule has 1 rings (SSSR count). The van der Waals surface area contributed by atoms with Crippen molar-refractivity contribution in [1.29, 1.82) is 0 Å². The average Bonchev–Trinajstić information content (AvgIpc) is 2.97. The van der Waals surface area contributed by atoms with Crippen molar-refractivity contribution in [3.8, 4) is 0 Å². The van der Waals surface area contributed by atoms with Crippen molar-refractivity contribution in [3.63, 3.8) is 0 Å². The summed E-state index contributed by atoms with van der Waals surface area (Å²) in [6.45, 7) is 5.19. The van der Waals surface area contributed by atoms with Crippen LogP contribution in [0.1, 0.15) is 63.5 Å². The van der Waals surface area contributed by atoms with Gasteiger partial charge in [0, 0.05) is 12.7 Å². The summed E-state index contributed by atoms with van der Waals surface area (Å²) in [5.41, 5.74) is 1.01. The van der Waals surface area contributed by atoms with Gasteiger partial charge in [-0.15, -0.1) is 5.10 Å². The fraction of sp³-hybridized carbons (Fsp3) is 0.867. The Balaban J connectivity index is 1.85. The van der Waals surface area contributed by atoms with Crippen molar-refractivity contribution >= 4 is 56.3 Å². The van der Waals surface area contributed by atoms with E-state index in [1.54, 1.807) is 0 Å². The number of aryl methyl sites for hydroxylation is 2. The van der Waals surface area contributed by atoms with Crippen molar-refractivity contribution in [1.82, 2.24) is 15.0 Å². The molecule has 0 N–H and O–H groups in total. The first-order valence-corrected chi connectivity index (χ1v) is 13.7. The molecule has 0 aliphatic heterocycles. The van der Waals surface area contributed by atoms with Crippen molar-refractivity contribution in [3.05, 3.63) is 11.9 Å². The van der Waals surface area contributed by atoms with Crippen molar-refractivity contribution in [2.24, 2.45) is 0 Å². The summed E-state index contributed by atoms with van der Waals surface area (Å²) in [7, 11) is -1.73. The smallest absolute Gasteiger partial charge is 0.0672 e. The average molecular weight is 545 g/mol. The van der Waals surface area contributed by atoms with Gasteiger partial charge in [0.15, 0.2) is 0 Å². The standard InChI is InChI=1S/C15H29N3O2Si.In.Sn/c1-15-14-18(17-16-15)12-10-8-6-4-3-5-7-9-11-13-21(2,19)20;;/h14H,3-13H2,1-2H3;;/q-2;+1;+2. The van der Waals surface area contributed by atoms with Crippen molar-refractivity contribution in [2.75, 3.05) is 0 Å². The fourth-order valence-corrected chi connectivity index (χ4v) is 8.81. The number of unbranched alkanes of at least 4 members (excludes halogenated alkanes) is 8. The van der Waals surface area contributed by atoms with Gasteiger partial charge in [0.2, 0.25) is 0 Å². The molecule has 0 fully saturated rings. The molecule has 0 aromatic carbocycles. The van der Waals surface area contributed by atoms with Gasteiger partial charge in [-0.2, -0.15) is 0 Å². The number of nitrogens with zero attached hydrogens (tertiary/aromatic N) is 3. The van der Waals surface area contributed by atoms with Crippen LogP contribution in [0, 0.1) is 6.92 Å². The van der Waals surface area contributed by atoms with E-state index in [-0.39, 0.29) is 0 Å². The maximum absolute atomic E-state index is 5.66. The zero-order valence-electron chi connectivity index (χ0n) is 14.6. The van der Waals surface area contributed by atoms with E-state index in [1.165, 1.54) is 63.8 Å². The molecule has 126 valence electrons. The second-order valence-electron chi connectivity index (χ2n) is 6.41. The summed E-state index contributed by atoms with van der Waals surface area (Å²) in [5, 5.41) is 8.09. The van der Waals surface area contributed by atoms with Crippen LogP contribution in [-0.2, 0) is 11.9 Å². The normalized spacial score (nSPS) is 14.0. The van der Waals surface area contributed by atoms with Crippen LogP contribution in [0.5, 0.6) is 0 Å². The van der Waals surface area contributed by atoms with Gasteiger partial charge in [0.05, 0.1) is 5.69 Å². The molecule has 1 aromatic rings. The second-order valence-corrected chi connectivity index (χ2v) is 13.4. The van der Waals surface area contributed by atoms with Gasteiger partial charge in [-0.1, -0.05) is 5.21 Å². The maximum atomic E-state index is 5.66. The van der Waals surface area contributed by atoms with E-state index >= 15 is 0 Å². The van der Waals surface area contributed by atoms with Crippen LogP contribution in [0.4, 0.5) is 0 Å². The van der Waals surface area contributed by atoms with Gasteiger partial charge in [-0.3, -0.25) is 4.68 Å².